The lowest BCUT2D eigenvalue weighted by atomic mass is 9.92. The Balaban J connectivity index is 1.96. The smallest absolute Gasteiger partial charge is 0.0582 e. The number of aliphatic hydroxyl groups excluding tert-OH is 1. The Morgan fingerprint density at radius 2 is 1.50 bits per heavy atom. The Labute approximate surface area is 129 Å². The molecule has 0 aliphatic rings. The maximum atomic E-state index is 9.19. The van der Waals surface area contributed by atoms with Crippen LogP contribution >= 0.6 is 0 Å². The third-order valence-corrected chi connectivity index (χ3v) is 4.53. The second-order valence-electron chi connectivity index (χ2n) is 6.05. The van der Waals surface area contributed by atoms with Crippen LogP contribution in [0.15, 0.2) is 54.6 Å². The third kappa shape index (κ3) is 2.04. The molecule has 0 amide bonds. The first-order valence-electron chi connectivity index (χ1n) is 7.77. The van der Waals surface area contributed by atoms with Crippen LogP contribution in [0.2, 0.25) is 0 Å². The van der Waals surface area contributed by atoms with Gasteiger partial charge in [-0.05, 0) is 44.8 Å². The predicted molar refractivity (Wildman–Crippen MR) is 93.5 cm³/mol. The van der Waals surface area contributed by atoms with Crippen LogP contribution in [0.1, 0.15) is 12.5 Å². The third-order valence-electron chi connectivity index (χ3n) is 4.53. The average molecular weight is 289 g/mol. The topological polar surface area (TPSA) is 32.3 Å². The van der Waals surface area contributed by atoms with Crippen molar-refractivity contribution in [2.45, 2.75) is 19.5 Å². The summed E-state index contributed by atoms with van der Waals surface area (Å²) in [6, 6.07) is 19.8. The minimum Gasteiger partial charge on any atom is -0.395 e. The van der Waals surface area contributed by atoms with Crippen LogP contribution in [0.4, 0.5) is 0 Å². The maximum Gasteiger partial charge on any atom is 0.0582 e. The molecule has 110 valence electrons. The number of nitrogens with one attached hydrogen (secondary N) is 1. The van der Waals surface area contributed by atoms with Gasteiger partial charge in [-0.15, -0.1) is 0 Å². The molecular weight excluding hydrogens is 270 g/mol. The minimum atomic E-state index is 0.110. The molecule has 0 saturated heterocycles. The Kier molecular flexibility index (Phi) is 3.21. The molecule has 2 heteroatoms. The monoisotopic (exact) mass is 289 g/mol. The fraction of sp³-hybridized carbons (Fsp3) is 0.200. The van der Waals surface area contributed by atoms with Gasteiger partial charge in [-0.1, -0.05) is 54.6 Å². The van der Waals surface area contributed by atoms with Crippen molar-refractivity contribution in [2.24, 2.45) is 0 Å². The molecule has 0 saturated carbocycles. The van der Waals surface area contributed by atoms with Gasteiger partial charge in [0.1, 0.15) is 0 Å². The van der Waals surface area contributed by atoms with Crippen LogP contribution in [0.25, 0.3) is 32.3 Å². The number of rotatable bonds is 4. The molecule has 2 nitrogen and oxygen atoms in total. The summed E-state index contributed by atoms with van der Waals surface area (Å²) in [6.45, 7) is 2.93. The van der Waals surface area contributed by atoms with Gasteiger partial charge in [0.2, 0.25) is 0 Å². The zero-order valence-corrected chi connectivity index (χ0v) is 12.6. The summed E-state index contributed by atoms with van der Waals surface area (Å²) in [5, 5.41) is 20.5. The summed E-state index contributed by atoms with van der Waals surface area (Å²) in [4.78, 5) is 0. The van der Waals surface area contributed by atoms with E-state index < -0.39 is 0 Å². The number of hydrogen-bond donors (Lipinski definition) is 2. The highest BCUT2D eigenvalue weighted by Gasteiger charge is 2.10. The zero-order valence-electron chi connectivity index (χ0n) is 12.6. The van der Waals surface area contributed by atoms with Crippen LogP contribution in [-0.4, -0.2) is 17.8 Å². The van der Waals surface area contributed by atoms with Crippen LogP contribution in [0.5, 0.6) is 0 Å². The number of aliphatic hydroxyl groups is 1. The van der Waals surface area contributed by atoms with Gasteiger partial charge in [0.05, 0.1) is 6.61 Å². The van der Waals surface area contributed by atoms with Crippen LogP contribution < -0.4 is 5.32 Å². The molecule has 22 heavy (non-hydrogen) atoms. The highest BCUT2D eigenvalue weighted by atomic mass is 16.3. The molecule has 0 bridgehead atoms. The van der Waals surface area contributed by atoms with Gasteiger partial charge in [0.25, 0.3) is 0 Å². The van der Waals surface area contributed by atoms with Crippen molar-refractivity contribution in [3.63, 3.8) is 0 Å². The summed E-state index contributed by atoms with van der Waals surface area (Å²) in [7, 11) is 0. The lowest BCUT2D eigenvalue weighted by Crippen LogP contribution is -2.28. The standard InChI is InChI=1S/C20H19NO/c1-13(12-22)21-11-17-8-7-16-6-5-14-3-2-4-15-9-10-18(17)20(16)19(14)15/h2-10,13,21-22H,11-12H2,1H3. The van der Waals surface area contributed by atoms with Gasteiger partial charge in [-0.25, -0.2) is 0 Å². The molecular formula is C20H19NO. The first-order chi connectivity index (χ1) is 10.8. The lowest BCUT2D eigenvalue weighted by Gasteiger charge is -2.16. The van der Waals surface area contributed by atoms with Crippen LogP contribution in [-0.2, 0) is 6.54 Å². The molecule has 0 aliphatic heterocycles. The Morgan fingerprint density at radius 1 is 0.864 bits per heavy atom. The zero-order chi connectivity index (χ0) is 15.1. The van der Waals surface area contributed by atoms with E-state index in [1.54, 1.807) is 0 Å². The van der Waals surface area contributed by atoms with Crippen molar-refractivity contribution in [1.82, 2.24) is 5.32 Å². The quantitative estimate of drug-likeness (QED) is 0.555. The molecule has 0 heterocycles. The van der Waals surface area contributed by atoms with Gasteiger partial charge in [0, 0.05) is 12.6 Å². The van der Waals surface area contributed by atoms with E-state index in [-0.39, 0.29) is 12.6 Å². The first-order valence-corrected chi connectivity index (χ1v) is 7.77. The van der Waals surface area contributed by atoms with Crippen LogP contribution in [0.3, 0.4) is 0 Å². The predicted octanol–water partition coefficient (Wildman–Crippen LogP) is 4.05. The SMILES string of the molecule is CC(CO)NCc1ccc2ccc3cccc4ccc1c2c34. The van der Waals surface area contributed by atoms with Crippen molar-refractivity contribution < 1.29 is 5.11 Å². The molecule has 0 fully saturated rings. The van der Waals surface area contributed by atoms with E-state index in [2.05, 4.69) is 59.9 Å². The van der Waals surface area contributed by atoms with E-state index in [1.807, 2.05) is 6.92 Å². The van der Waals surface area contributed by atoms with E-state index >= 15 is 0 Å². The summed E-state index contributed by atoms with van der Waals surface area (Å²) in [5.74, 6) is 0. The Morgan fingerprint density at radius 3 is 2.23 bits per heavy atom. The van der Waals surface area contributed by atoms with Crippen molar-refractivity contribution in [3.05, 3.63) is 60.2 Å². The maximum absolute atomic E-state index is 9.19. The Bertz CT molecular complexity index is 928. The van der Waals surface area contributed by atoms with E-state index in [1.165, 1.54) is 37.9 Å². The second-order valence-corrected chi connectivity index (χ2v) is 6.05. The van der Waals surface area contributed by atoms with Gasteiger partial charge in [0.15, 0.2) is 0 Å². The van der Waals surface area contributed by atoms with E-state index in [4.69, 9.17) is 0 Å². The number of benzene rings is 4. The normalized spacial score (nSPS) is 13.4. The van der Waals surface area contributed by atoms with E-state index in [9.17, 15) is 5.11 Å². The fourth-order valence-electron chi connectivity index (χ4n) is 3.30. The van der Waals surface area contributed by atoms with E-state index in [0.717, 1.165) is 6.54 Å². The largest absolute Gasteiger partial charge is 0.395 e. The highest BCUT2D eigenvalue weighted by molar-refractivity contribution is 6.23. The lowest BCUT2D eigenvalue weighted by molar-refractivity contribution is 0.251. The summed E-state index contributed by atoms with van der Waals surface area (Å²) in [6.07, 6.45) is 0. The fourth-order valence-corrected chi connectivity index (χ4v) is 3.30. The molecule has 0 spiro atoms. The van der Waals surface area contributed by atoms with Gasteiger partial charge in [-0.3, -0.25) is 0 Å². The Hall–Kier alpha value is -2.16. The molecule has 0 aromatic heterocycles. The van der Waals surface area contributed by atoms with Crippen molar-refractivity contribution in [1.29, 1.82) is 0 Å². The van der Waals surface area contributed by atoms with Crippen LogP contribution in [0, 0.1) is 0 Å². The number of hydrogen-bond acceptors (Lipinski definition) is 2. The van der Waals surface area contributed by atoms with Gasteiger partial charge < -0.3 is 10.4 Å². The first kappa shape index (κ1) is 13.5. The molecule has 0 radical (unpaired) electrons. The van der Waals surface area contributed by atoms with Gasteiger partial charge >= 0.3 is 0 Å². The van der Waals surface area contributed by atoms with Crippen molar-refractivity contribution >= 4 is 32.3 Å². The van der Waals surface area contributed by atoms with Crippen molar-refractivity contribution in [3.8, 4) is 0 Å². The molecule has 1 unspecified atom stereocenters. The molecule has 4 aromatic rings. The highest BCUT2D eigenvalue weighted by Crippen LogP contribution is 2.35. The molecule has 4 aromatic carbocycles. The summed E-state index contributed by atoms with van der Waals surface area (Å²) >= 11 is 0. The molecule has 4 rings (SSSR count). The second kappa shape index (κ2) is 5.24. The summed E-state index contributed by atoms with van der Waals surface area (Å²) < 4.78 is 0. The summed E-state index contributed by atoms with van der Waals surface area (Å²) in [5.41, 5.74) is 1.28. The molecule has 1 atom stereocenters. The molecule has 2 N–H and O–H groups in total. The van der Waals surface area contributed by atoms with Gasteiger partial charge in [-0.2, -0.15) is 0 Å². The van der Waals surface area contributed by atoms with E-state index in [0.29, 0.717) is 0 Å². The molecule has 0 aliphatic carbocycles. The van der Waals surface area contributed by atoms with Crippen molar-refractivity contribution in [2.75, 3.05) is 6.61 Å². The minimum absolute atomic E-state index is 0.110. The average Bonchev–Trinajstić information content (AvgIpc) is 2.58.